The van der Waals surface area contributed by atoms with E-state index in [4.69, 9.17) is 0 Å². The molecule has 0 unspecified atom stereocenters. The fraction of sp³-hybridized carbons (Fsp3) is 0.222. The molecule has 0 aliphatic carbocycles. The molecule has 0 bridgehead atoms. The molecule has 78 valence electrons. The lowest BCUT2D eigenvalue weighted by Crippen LogP contribution is -2.22. The van der Waals surface area contributed by atoms with E-state index in [1.807, 2.05) is 6.92 Å². The van der Waals surface area contributed by atoms with E-state index in [1.165, 1.54) is 17.5 Å². The summed E-state index contributed by atoms with van der Waals surface area (Å²) in [7, 11) is 0. The average molecular weight is 222 g/mol. The summed E-state index contributed by atoms with van der Waals surface area (Å²) in [6, 6.07) is 0. The Balaban J connectivity index is 1.96. The van der Waals surface area contributed by atoms with Gasteiger partial charge in [0, 0.05) is 16.8 Å². The van der Waals surface area contributed by atoms with Crippen LogP contribution in [0, 0.1) is 6.92 Å². The number of carbonyl (C=O) groups is 1. The Kier molecular flexibility index (Phi) is 2.77. The Morgan fingerprint density at radius 1 is 1.60 bits per heavy atom. The Morgan fingerprint density at radius 3 is 3.07 bits per heavy atom. The number of aromatic nitrogens is 3. The topological polar surface area (TPSA) is 70.7 Å². The van der Waals surface area contributed by atoms with Crippen molar-refractivity contribution in [2.24, 2.45) is 0 Å². The molecular formula is C9H10N4OS. The Morgan fingerprint density at radius 2 is 2.47 bits per heavy atom. The van der Waals surface area contributed by atoms with E-state index >= 15 is 0 Å². The quantitative estimate of drug-likeness (QED) is 0.817. The molecule has 2 heterocycles. The van der Waals surface area contributed by atoms with E-state index in [0.29, 0.717) is 12.1 Å². The van der Waals surface area contributed by atoms with Crippen LogP contribution in [0.25, 0.3) is 0 Å². The second-order valence-corrected chi connectivity index (χ2v) is 4.03. The van der Waals surface area contributed by atoms with E-state index in [0.717, 1.165) is 10.6 Å². The summed E-state index contributed by atoms with van der Waals surface area (Å²) in [4.78, 5) is 16.6. The van der Waals surface area contributed by atoms with Crippen LogP contribution in [0.2, 0.25) is 0 Å². The van der Waals surface area contributed by atoms with Crippen LogP contribution >= 0.6 is 11.3 Å². The lowest BCUT2D eigenvalue weighted by molar-refractivity contribution is 0.0951. The predicted molar refractivity (Wildman–Crippen MR) is 56.6 cm³/mol. The highest BCUT2D eigenvalue weighted by atomic mass is 32.1. The molecule has 1 amide bonds. The first-order valence-electron chi connectivity index (χ1n) is 4.43. The molecule has 0 aliphatic rings. The predicted octanol–water partition coefficient (Wildman–Crippen LogP) is 1.10. The fourth-order valence-electron chi connectivity index (χ4n) is 1.17. The van der Waals surface area contributed by atoms with Crippen molar-refractivity contribution in [3.05, 3.63) is 34.0 Å². The van der Waals surface area contributed by atoms with Crippen LogP contribution in [0.3, 0.4) is 0 Å². The van der Waals surface area contributed by atoms with Crippen molar-refractivity contribution >= 4 is 17.2 Å². The molecule has 15 heavy (non-hydrogen) atoms. The molecule has 0 spiro atoms. The van der Waals surface area contributed by atoms with Crippen molar-refractivity contribution < 1.29 is 4.79 Å². The molecule has 0 fully saturated rings. The highest BCUT2D eigenvalue weighted by molar-refractivity contribution is 7.09. The Bertz CT molecular complexity index is 448. The normalized spacial score (nSPS) is 10.2. The summed E-state index contributed by atoms with van der Waals surface area (Å²) in [5.74, 6) is -0.116. The van der Waals surface area contributed by atoms with Gasteiger partial charge in [0.2, 0.25) is 0 Å². The number of nitrogens with zero attached hydrogens (tertiary/aromatic N) is 2. The van der Waals surface area contributed by atoms with Gasteiger partial charge in [-0.2, -0.15) is 5.10 Å². The number of carbonyl (C=O) groups excluding carboxylic acids is 1. The van der Waals surface area contributed by atoms with Gasteiger partial charge >= 0.3 is 0 Å². The molecule has 0 aliphatic heterocycles. The molecule has 2 aromatic heterocycles. The minimum absolute atomic E-state index is 0.116. The molecule has 2 N–H and O–H groups in total. The number of hydrogen-bond acceptors (Lipinski definition) is 4. The fourth-order valence-corrected chi connectivity index (χ4v) is 1.71. The van der Waals surface area contributed by atoms with Gasteiger partial charge in [0.15, 0.2) is 0 Å². The number of hydrogen-bond donors (Lipinski definition) is 2. The van der Waals surface area contributed by atoms with E-state index in [2.05, 4.69) is 20.5 Å². The maximum atomic E-state index is 11.6. The number of thiazole rings is 1. The molecule has 2 rings (SSSR count). The molecule has 0 atom stereocenters. The van der Waals surface area contributed by atoms with Crippen LogP contribution < -0.4 is 5.32 Å². The molecule has 0 radical (unpaired) electrons. The lowest BCUT2D eigenvalue weighted by Gasteiger charge is -2.01. The molecular weight excluding hydrogens is 212 g/mol. The number of rotatable bonds is 3. The first kappa shape index (κ1) is 9.85. The van der Waals surface area contributed by atoms with Gasteiger partial charge in [0.25, 0.3) is 5.91 Å². The van der Waals surface area contributed by atoms with Gasteiger partial charge in [0.1, 0.15) is 0 Å². The molecule has 0 aromatic carbocycles. The number of nitrogens with one attached hydrogen (secondary N) is 2. The first-order valence-corrected chi connectivity index (χ1v) is 5.31. The molecule has 0 saturated carbocycles. The van der Waals surface area contributed by atoms with Crippen molar-refractivity contribution in [3.63, 3.8) is 0 Å². The average Bonchev–Trinajstić information content (AvgIpc) is 2.84. The molecule has 2 aromatic rings. The highest BCUT2D eigenvalue weighted by Crippen LogP contribution is 2.06. The van der Waals surface area contributed by atoms with Crippen molar-refractivity contribution in [2.45, 2.75) is 13.5 Å². The second kappa shape index (κ2) is 4.22. The van der Waals surface area contributed by atoms with Gasteiger partial charge in [-0.3, -0.25) is 14.9 Å². The summed E-state index contributed by atoms with van der Waals surface area (Å²) in [6.45, 7) is 2.32. The highest BCUT2D eigenvalue weighted by Gasteiger charge is 2.10. The second-order valence-electron chi connectivity index (χ2n) is 3.06. The van der Waals surface area contributed by atoms with Crippen molar-refractivity contribution in [2.75, 3.05) is 0 Å². The van der Waals surface area contributed by atoms with Gasteiger partial charge in [0.05, 0.1) is 23.8 Å². The third-order valence-corrected chi connectivity index (χ3v) is 2.76. The van der Waals surface area contributed by atoms with Crippen LogP contribution in [0.15, 0.2) is 17.9 Å². The van der Waals surface area contributed by atoms with Crippen molar-refractivity contribution in [3.8, 4) is 0 Å². The zero-order valence-corrected chi connectivity index (χ0v) is 8.97. The van der Waals surface area contributed by atoms with Gasteiger partial charge < -0.3 is 5.32 Å². The van der Waals surface area contributed by atoms with E-state index in [-0.39, 0.29) is 5.91 Å². The van der Waals surface area contributed by atoms with Crippen LogP contribution in [0.1, 0.15) is 20.9 Å². The monoisotopic (exact) mass is 222 g/mol. The van der Waals surface area contributed by atoms with Gasteiger partial charge in [-0.05, 0) is 6.92 Å². The number of amides is 1. The van der Waals surface area contributed by atoms with Gasteiger partial charge in [-0.15, -0.1) is 11.3 Å². The molecule has 6 heteroatoms. The van der Waals surface area contributed by atoms with Crippen LogP contribution in [-0.2, 0) is 6.54 Å². The van der Waals surface area contributed by atoms with Gasteiger partial charge in [-0.1, -0.05) is 0 Å². The number of H-pyrrole nitrogens is 1. The number of aryl methyl sites for hydroxylation is 1. The maximum Gasteiger partial charge on any atom is 0.255 e. The Hall–Kier alpha value is -1.69. The van der Waals surface area contributed by atoms with Crippen molar-refractivity contribution in [1.82, 2.24) is 20.5 Å². The summed E-state index contributed by atoms with van der Waals surface area (Å²) in [6.07, 6.45) is 3.27. The Labute approximate surface area is 90.6 Å². The lowest BCUT2D eigenvalue weighted by atomic mass is 10.2. The SMILES string of the molecule is Cc1[nH]ncc1C(=O)NCc1cncs1. The third-order valence-electron chi connectivity index (χ3n) is 1.98. The van der Waals surface area contributed by atoms with Crippen LogP contribution in [0.4, 0.5) is 0 Å². The van der Waals surface area contributed by atoms with E-state index < -0.39 is 0 Å². The van der Waals surface area contributed by atoms with E-state index in [9.17, 15) is 4.79 Å². The summed E-state index contributed by atoms with van der Waals surface area (Å²) >= 11 is 1.52. The summed E-state index contributed by atoms with van der Waals surface area (Å²) in [5, 5.41) is 9.31. The zero-order chi connectivity index (χ0) is 10.7. The largest absolute Gasteiger partial charge is 0.347 e. The summed E-state index contributed by atoms with van der Waals surface area (Å²) in [5.41, 5.74) is 3.10. The molecule has 5 nitrogen and oxygen atoms in total. The van der Waals surface area contributed by atoms with Crippen LogP contribution in [-0.4, -0.2) is 21.1 Å². The van der Waals surface area contributed by atoms with Crippen LogP contribution in [0.5, 0.6) is 0 Å². The smallest absolute Gasteiger partial charge is 0.255 e. The van der Waals surface area contributed by atoms with Gasteiger partial charge in [-0.25, -0.2) is 0 Å². The minimum Gasteiger partial charge on any atom is -0.347 e. The number of aromatic amines is 1. The standard InChI is InChI=1S/C9H10N4OS/c1-6-8(4-12-13-6)9(14)11-3-7-2-10-5-15-7/h2,4-5H,3H2,1H3,(H,11,14)(H,12,13). The first-order chi connectivity index (χ1) is 7.27. The van der Waals surface area contributed by atoms with E-state index in [1.54, 1.807) is 11.7 Å². The zero-order valence-electron chi connectivity index (χ0n) is 8.15. The van der Waals surface area contributed by atoms with Crippen molar-refractivity contribution in [1.29, 1.82) is 0 Å². The maximum absolute atomic E-state index is 11.6. The summed E-state index contributed by atoms with van der Waals surface area (Å²) < 4.78 is 0. The molecule has 0 saturated heterocycles. The minimum atomic E-state index is -0.116. The third kappa shape index (κ3) is 2.21.